The molecule has 148 valence electrons. The number of piperidine rings is 1. The van der Waals surface area contributed by atoms with Gasteiger partial charge in [0.25, 0.3) is 0 Å². The molecule has 4 heterocycles. The molecule has 0 aromatic carbocycles. The van der Waals surface area contributed by atoms with Crippen molar-refractivity contribution in [3.05, 3.63) is 23.7 Å². The third kappa shape index (κ3) is 3.59. The van der Waals surface area contributed by atoms with Gasteiger partial charge in [0, 0.05) is 23.7 Å². The molecule has 0 spiro atoms. The first-order chi connectivity index (χ1) is 12.6. The van der Waals surface area contributed by atoms with E-state index in [2.05, 4.69) is 46.2 Å². The van der Waals surface area contributed by atoms with Crippen molar-refractivity contribution < 1.29 is 17.6 Å². The molecule has 2 aliphatic rings. The minimum Gasteiger partial charge on any atom is -0.416 e. The highest BCUT2D eigenvalue weighted by molar-refractivity contribution is 5.08. The Morgan fingerprint density at radius 1 is 1.04 bits per heavy atom. The molecule has 2 aromatic rings. The van der Waals surface area contributed by atoms with E-state index in [0.29, 0.717) is 0 Å². The van der Waals surface area contributed by atoms with E-state index >= 15 is 0 Å². The molecule has 2 unspecified atom stereocenters. The van der Waals surface area contributed by atoms with Gasteiger partial charge in [-0.25, -0.2) is 4.68 Å². The van der Waals surface area contributed by atoms with Gasteiger partial charge in [-0.2, -0.15) is 13.2 Å². The van der Waals surface area contributed by atoms with Crippen molar-refractivity contribution in [1.82, 2.24) is 30.1 Å². The van der Waals surface area contributed by atoms with Crippen LogP contribution in [0, 0.1) is 0 Å². The monoisotopic (exact) mass is 384 g/mol. The van der Waals surface area contributed by atoms with E-state index in [0.717, 1.165) is 31.4 Å². The maximum Gasteiger partial charge on any atom is 0.470 e. The van der Waals surface area contributed by atoms with Crippen LogP contribution >= 0.6 is 0 Å². The van der Waals surface area contributed by atoms with Crippen molar-refractivity contribution in [2.24, 2.45) is 0 Å². The summed E-state index contributed by atoms with van der Waals surface area (Å²) in [6.45, 7) is 6.57. The fraction of sp³-hybridized carbons (Fsp3) is 0.765. The zero-order valence-electron chi connectivity index (χ0n) is 15.6. The number of nitrogens with zero attached hydrogens (tertiary/aromatic N) is 6. The van der Waals surface area contributed by atoms with Gasteiger partial charge in [-0.3, -0.25) is 4.90 Å². The average Bonchev–Trinajstić information content (AvgIpc) is 3.26. The number of rotatable bonds is 3. The summed E-state index contributed by atoms with van der Waals surface area (Å²) >= 11 is 0. The van der Waals surface area contributed by atoms with Crippen molar-refractivity contribution >= 4 is 0 Å². The molecule has 2 bridgehead atoms. The first-order valence-electron chi connectivity index (χ1n) is 9.19. The average molecular weight is 384 g/mol. The van der Waals surface area contributed by atoms with Crippen molar-refractivity contribution in [3.63, 3.8) is 0 Å². The molecule has 2 atom stereocenters. The fourth-order valence-electron chi connectivity index (χ4n) is 4.11. The fourth-order valence-corrected chi connectivity index (χ4v) is 4.11. The van der Waals surface area contributed by atoms with Crippen LogP contribution in [0.25, 0.3) is 0 Å². The molecule has 2 saturated heterocycles. The number of aromatic nitrogens is 5. The van der Waals surface area contributed by atoms with Crippen LogP contribution in [0.2, 0.25) is 0 Å². The summed E-state index contributed by atoms with van der Waals surface area (Å²) in [5.41, 5.74) is 0.911. The Morgan fingerprint density at radius 2 is 1.70 bits per heavy atom. The lowest BCUT2D eigenvalue weighted by molar-refractivity contribution is -0.157. The lowest BCUT2D eigenvalue weighted by atomic mass is 9.93. The molecule has 0 amide bonds. The quantitative estimate of drug-likeness (QED) is 0.808. The van der Waals surface area contributed by atoms with Gasteiger partial charge in [0.05, 0.1) is 18.3 Å². The predicted octanol–water partition coefficient (Wildman–Crippen LogP) is 3.35. The Morgan fingerprint density at radius 3 is 2.22 bits per heavy atom. The minimum absolute atomic E-state index is 0.0217. The summed E-state index contributed by atoms with van der Waals surface area (Å²) in [4.78, 5) is 2.20. The molecule has 0 saturated carbocycles. The van der Waals surface area contributed by atoms with Gasteiger partial charge < -0.3 is 4.42 Å². The van der Waals surface area contributed by atoms with Crippen LogP contribution in [0.3, 0.4) is 0 Å². The molecule has 2 aliphatic heterocycles. The third-order valence-electron chi connectivity index (χ3n) is 5.54. The summed E-state index contributed by atoms with van der Waals surface area (Å²) in [5.74, 6) is -1.26. The third-order valence-corrected chi connectivity index (χ3v) is 5.54. The van der Waals surface area contributed by atoms with Gasteiger partial charge in [0.1, 0.15) is 0 Å². The standard InChI is InChI=1S/C17H23F3N6O/c1-16(2,3)13-8-26(24-21-13)12-6-10-4-5-11(7-12)25(10)9-14-22-23-15(27-14)17(18,19)20/h8,10-12H,4-7,9H2,1-3H3. The Labute approximate surface area is 154 Å². The number of alkyl halides is 3. The van der Waals surface area contributed by atoms with Crippen molar-refractivity contribution in [2.75, 3.05) is 0 Å². The maximum absolute atomic E-state index is 12.6. The number of hydrogen-bond donors (Lipinski definition) is 0. The first-order valence-corrected chi connectivity index (χ1v) is 9.19. The van der Waals surface area contributed by atoms with E-state index in [9.17, 15) is 13.2 Å². The van der Waals surface area contributed by atoms with Crippen LogP contribution < -0.4 is 0 Å². The van der Waals surface area contributed by atoms with Crippen LogP contribution in [0.5, 0.6) is 0 Å². The van der Waals surface area contributed by atoms with Crippen LogP contribution in [0.15, 0.2) is 10.6 Å². The van der Waals surface area contributed by atoms with Crippen LogP contribution in [0.4, 0.5) is 13.2 Å². The Balaban J connectivity index is 1.45. The molecular formula is C17H23F3N6O. The molecule has 2 fully saturated rings. The van der Waals surface area contributed by atoms with E-state index in [1.807, 2.05) is 10.9 Å². The lowest BCUT2D eigenvalue weighted by Gasteiger charge is -2.37. The molecule has 0 radical (unpaired) electrons. The molecule has 4 rings (SSSR count). The van der Waals surface area contributed by atoms with E-state index in [4.69, 9.17) is 4.42 Å². The topological polar surface area (TPSA) is 72.9 Å². The van der Waals surface area contributed by atoms with Crippen LogP contribution in [0.1, 0.15) is 70.0 Å². The summed E-state index contributed by atoms with van der Waals surface area (Å²) in [6.07, 6.45) is 1.24. The second-order valence-corrected chi connectivity index (χ2v) is 8.52. The molecular weight excluding hydrogens is 361 g/mol. The summed E-state index contributed by atoms with van der Waals surface area (Å²) < 4.78 is 44.7. The van der Waals surface area contributed by atoms with Gasteiger partial charge in [-0.1, -0.05) is 26.0 Å². The number of hydrogen-bond acceptors (Lipinski definition) is 6. The summed E-state index contributed by atoms with van der Waals surface area (Å²) in [7, 11) is 0. The Kier molecular flexibility index (Phi) is 4.28. The highest BCUT2D eigenvalue weighted by Gasteiger charge is 2.43. The second-order valence-electron chi connectivity index (χ2n) is 8.52. The SMILES string of the molecule is CC(C)(C)c1cn(C2CC3CCC(C2)N3Cc2nnc(C(F)(F)F)o2)nn1. The molecule has 10 heteroatoms. The minimum atomic E-state index is -4.60. The van der Waals surface area contributed by atoms with Gasteiger partial charge >= 0.3 is 12.1 Å². The van der Waals surface area contributed by atoms with Gasteiger partial charge in [-0.15, -0.1) is 15.3 Å². The smallest absolute Gasteiger partial charge is 0.416 e. The molecule has 0 N–H and O–H groups in total. The largest absolute Gasteiger partial charge is 0.470 e. The zero-order valence-corrected chi connectivity index (χ0v) is 15.6. The Hall–Kier alpha value is -1.97. The second kappa shape index (κ2) is 6.29. The van der Waals surface area contributed by atoms with Crippen LogP contribution in [-0.4, -0.2) is 42.2 Å². The number of halogens is 3. The first kappa shape index (κ1) is 18.4. The summed E-state index contributed by atoms with van der Waals surface area (Å²) in [6, 6.07) is 0.810. The molecule has 27 heavy (non-hydrogen) atoms. The Bertz CT molecular complexity index is 794. The van der Waals surface area contributed by atoms with Crippen molar-refractivity contribution in [3.8, 4) is 0 Å². The van der Waals surface area contributed by atoms with Gasteiger partial charge in [0.15, 0.2) is 0 Å². The van der Waals surface area contributed by atoms with Crippen LogP contribution in [-0.2, 0) is 18.1 Å². The van der Waals surface area contributed by atoms with Gasteiger partial charge in [-0.05, 0) is 25.7 Å². The normalized spacial score (nSPS) is 26.7. The van der Waals surface area contributed by atoms with E-state index in [1.54, 1.807) is 0 Å². The highest BCUT2D eigenvalue weighted by atomic mass is 19.4. The highest BCUT2D eigenvalue weighted by Crippen LogP contribution is 2.41. The van der Waals surface area contributed by atoms with E-state index in [-0.39, 0.29) is 36.0 Å². The maximum atomic E-state index is 12.6. The predicted molar refractivity (Wildman–Crippen MR) is 88.6 cm³/mol. The molecule has 7 nitrogen and oxygen atoms in total. The van der Waals surface area contributed by atoms with E-state index in [1.165, 1.54) is 0 Å². The van der Waals surface area contributed by atoms with E-state index < -0.39 is 12.1 Å². The number of fused-ring (bicyclic) bond motifs is 2. The van der Waals surface area contributed by atoms with Crippen molar-refractivity contribution in [1.29, 1.82) is 0 Å². The summed E-state index contributed by atoms with van der Waals surface area (Å²) in [5, 5.41) is 15.3. The zero-order chi connectivity index (χ0) is 19.4. The molecule has 2 aromatic heterocycles. The van der Waals surface area contributed by atoms with Gasteiger partial charge in [0.2, 0.25) is 5.89 Å². The molecule has 0 aliphatic carbocycles. The lowest BCUT2D eigenvalue weighted by Crippen LogP contribution is -2.43. The van der Waals surface area contributed by atoms with Crippen molar-refractivity contribution in [2.45, 2.75) is 82.7 Å².